The minimum absolute atomic E-state index is 0.0730. The molecule has 2 aliphatic heterocycles. The van der Waals surface area contributed by atoms with E-state index in [0.717, 1.165) is 18.9 Å². The Morgan fingerprint density at radius 2 is 1.87 bits per heavy atom. The van der Waals surface area contributed by atoms with E-state index in [1.54, 1.807) is 24.3 Å². The third kappa shape index (κ3) is 4.83. The number of ether oxygens (including phenoxy) is 1. The molecule has 1 N–H and O–H groups in total. The normalized spacial score (nSPS) is 23.6. The van der Waals surface area contributed by atoms with Crippen LogP contribution in [0.4, 0.5) is 18.9 Å². The summed E-state index contributed by atoms with van der Waals surface area (Å²) in [6.45, 7) is 0.468. The number of halogens is 4. The van der Waals surface area contributed by atoms with Crippen LogP contribution < -0.4 is 10.1 Å². The van der Waals surface area contributed by atoms with Gasteiger partial charge in [-0.1, -0.05) is 29.8 Å². The van der Waals surface area contributed by atoms with Crippen LogP contribution in [0.5, 0.6) is 5.75 Å². The monoisotopic (exact) mass is 452 g/mol. The number of hydrogen-bond acceptors (Lipinski definition) is 3. The van der Waals surface area contributed by atoms with Crippen LogP contribution in [0.1, 0.15) is 36.8 Å². The topological polar surface area (TPSA) is 41.6 Å². The van der Waals surface area contributed by atoms with Gasteiger partial charge in [0, 0.05) is 29.6 Å². The van der Waals surface area contributed by atoms with Crippen molar-refractivity contribution in [3.8, 4) is 5.75 Å². The van der Waals surface area contributed by atoms with Crippen molar-refractivity contribution in [1.82, 2.24) is 4.90 Å². The van der Waals surface area contributed by atoms with Crippen molar-refractivity contribution in [3.05, 3.63) is 58.6 Å². The molecule has 2 bridgehead atoms. The molecule has 2 heterocycles. The summed E-state index contributed by atoms with van der Waals surface area (Å²) in [5.74, 6) is 0.317. The SMILES string of the molecule is COc1ccc(Cl)cc1NC(=O)C1CC2CCC(C1)N2Cc1cccc(C(F)(F)F)c1. The summed E-state index contributed by atoms with van der Waals surface area (Å²) in [7, 11) is 1.53. The van der Waals surface area contributed by atoms with Gasteiger partial charge in [-0.25, -0.2) is 0 Å². The summed E-state index contributed by atoms with van der Waals surface area (Å²) in [4.78, 5) is 15.2. The molecule has 0 radical (unpaired) electrons. The molecule has 0 aromatic heterocycles. The van der Waals surface area contributed by atoms with E-state index < -0.39 is 11.7 Å². The van der Waals surface area contributed by atoms with Gasteiger partial charge >= 0.3 is 6.18 Å². The fourth-order valence-electron chi connectivity index (χ4n) is 4.82. The van der Waals surface area contributed by atoms with Crippen LogP contribution in [0.2, 0.25) is 5.02 Å². The van der Waals surface area contributed by atoms with Crippen molar-refractivity contribution in [2.24, 2.45) is 5.92 Å². The minimum atomic E-state index is -4.35. The summed E-state index contributed by atoms with van der Waals surface area (Å²) in [5.41, 5.74) is 0.569. The highest BCUT2D eigenvalue weighted by Crippen LogP contribution is 2.41. The highest BCUT2D eigenvalue weighted by Gasteiger charge is 2.43. The quantitative estimate of drug-likeness (QED) is 0.628. The first-order valence-corrected chi connectivity index (χ1v) is 10.7. The number of nitrogens with one attached hydrogen (secondary N) is 1. The summed E-state index contributed by atoms with van der Waals surface area (Å²) < 4.78 is 44.4. The second-order valence-electron chi connectivity index (χ2n) is 8.26. The zero-order valence-electron chi connectivity index (χ0n) is 17.1. The molecule has 2 aromatic rings. The van der Waals surface area contributed by atoms with E-state index in [0.29, 0.717) is 41.4 Å². The smallest absolute Gasteiger partial charge is 0.416 e. The number of amides is 1. The van der Waals surface area contributed by atoms with Gasteiger partial charge in [-0.05, 0) is 55.5 Å². The molecule has 2 fully saturated rings. The van der Waals surface area contributed by atoms with E-state index in [1.807, 2.05) is 0 Å². The summed E-state index contributed by atoms with van der Waals surface area (Å²) in [5, 5.41) is 3.44. The first kappa shape index (κ1) is 22.0. The average molecular weight is 453 g/mol. The Balaban J connectivity index is 1.43. The van der Waals surface area contributed by atoms with Crippen molar-refractivity contribution in [1.29, 1.82) is 0 Å². The maximum absolute atomic E-state index is 13.0. The van der Waals surface area contributed by atoms with Crippen molar-refractivity contribution in [2.75, 3.05) is 12.4 Å². The molecule has 2 aromatic carbocycles. The molecule has 8 heteroatoms. The molecule has 166 valence electrons. The summed E-state index contributed by atoms with van der Waals surface area (Å²) >= 11 is 6.05. The molecular formula is C23H24ClF3N2O2. The van der Waals surface area contributed by atoms with E-state index in [-0.39, 0.29) is 23.9 Å². The number of carbonyl (C=O) groups excluding carboxylic acids is 1. The van der Waals surface area contributed by atoms with Gasteiger partial charge in [0.1, 0.15) is 5.75 Å². The number of carbonyl (C=O) groups is 1. The van der Waals surface area contributed by atoms with E-state index in [2.05, 4.69) is 10.2 Å². The second-order valence-corrected chi connectivity index (χ2v) is 8.69. The highest BCUT2D eigenvalue weighted by molar-refractivity contribution is 6.31. The van der Waals surface area contributed by atoms with Crippen molar-refractivity contribution in [2.45, 2.75) is 50.5 Å². The van der Waals surface area contributed by atoms with Crippen LogP contribution in [0, 0.1) is 5.92 Å². The lowest BCUT2D eigenvalue weighted by Crippen LogP contribution is -2.45. The largest absolute Gasteiger partial charge is 0.495 e. The Morgan fingerprint density at radius 1 is 1.16 bits per heavy atom. The molecule has 4 rings (SSSR count). The number of piperidine rings is 1. The van der Waals surface area contributed by atoms with Crippen LogP contribution in [0.15, 0.2) is 42.5 Å². The number of methoxy groups -OCH3 is 1. The summed E-state index contributed by atoms with van der Waals surface area (Å²) in [6, 6.07) is 11.0. The van der Waals surface area contributed by atoms with Gasteiger partial charge in [-0.2, -0.15) is 13.2 Å². The number of nitrogens with zero attached hydrogens (tertiary/aromatic N) is 1. The van der Waals surface area contributed by atoms with Gasteiger partial charge in [0.15, 0.2) is 0 Å². The predicted molar refractivity (Wildman–Crippen MR) is 113 cm³/mol. The maximum Gasteiger partial charge on any atom is 0.416 e. The van der Waals surface area contributed by atoms with Crippen LogP contribution in [0.25, 0.3) is 0 Å². The van der Waals surface area contributed by atoms with Crippen LogP contribution in [0.3, 0.4) is 0 Å². The van der Waals surface area contributed by atoms with Crippen molar-refractivity contribution < 1.29 is 22.7 Å². The molecule has 0 aliphatic carbocycles. The van der Waals surface area contributed by atoms with Crippen molar-refractivity contribution >= 4 is 23.2 Å². The number of anilines is 1. The summed E-state index contributed by atoms with van der Waals surface area (Å²) in [6.07, 6.45) is -1.07. The lowest BCUT2D eigenvalue weighted by atomic mass is 9.89. The second kappa shape index (κ2) is 8.71. The molecule has 0 saturated carbocycles. The lowest BCUT2D eigenvalue weighted by molar-refractivity contribution is -0.137. The molecule has 31 heavy (non-hydrogen) atoms. The molecular weight excluding hydrogens is 429 g/mol. The van der Waals surface area contributed by atoms with E-state index >= 15 is 0 Å². The Hall–Kier alpha value is -2.25. The van der Waals surface area contributed by atoms with Gasteiger partial charge in [-0.3, -0.25) is 9.69 Å². The Kier molecular flexibility index (Phi) is 6.17. The molecule has 4 nitrogen and oxygen atoms in total. The number of benzene rings is 2. The third-order valence-electron chi connectivity index (χ3n) is 6.29. The lowest BCUT2D eigenvalue weighted by Gasteiger charge is -2.38. The van der Waals surface area contributed by atoms with Crippen LogP contribution >= 0.6 is 11.6 Å². The fourth-order valence-corrected chi connectivity index (χ4v) is 4.99. The Labute approximate surface area is 184 Å². The molecule has 2 atom stereocenters. The minimum Gasteiger partial charge on any atom is -0.495 e. The van der Waals surface area contributed by atoms with Gasteiger partial charge in [0.2, 0.25) is 5.91 Å². The van der Waals surface area contributed by atoms with E-state index in [1.165, 1.54) is 19.2 Å². The number of alkyl halides is 3. The Morgan fingerprint density at radius 3 is 2.52 bits per heavy atom. The first-order chi connectivity index (χ1) is 14.7. The Bertz CT molecular complexity index is 952. The third-order valence-corrected chi connectivity index (χ3v) is 6.53. The van der Waals surface area contributed by atoms with Gasteiger partial charge < -0.3 is 10.1 Å². The molecule has 2 unspecified atom stereocenters. The number of rotatable bonds is 5. The number of fused-ring (bicyclic) bond motifs is 2. The van der Waals surface area contributed by atoms with Crippen LogP contribution in [-0.2, 0) is 17.5 Å². The van der Waals surface area contributed by atoms with E-state index in [9.17, 15) is 18.0 Å². The van der Waals surface area contributed by atoms with Gasteiger partial charge in [-0.15, -0.1) is 0 Å². The van der Waals surface area contributed by atoms with Crippen LogP contribution in [-0.4, -0.2) is 30.0 Å². The molecule has 1 amide bonds. The van der Waals surface area contributed by atoms with Crippen molar-refractivity contribution in [3.63, 3.8) is 0 Å². The average Bonchev–Trinajstić information content (AvgIpc) is 2.95. The highest BCUT2D eigenvalue weighted by atomic mass is 35.5. The zero-order chi connectivity index (χ0) is 22.2. The fraction of sp³-hybridized carbons (Fsp3) is 0.435. The van der Waals surface area contributed by atoms with E-state index in [4.69, 9.17) is 16.3 Å². The molecule has 2 aliphatic rings. The zero-order valence-corrected chi connectivity index (χ0v) is 17.8. The maximum atomic E-state index is 13.0. The number of hydrogen-bond donors (Lipinski definition) is 1. The van der Waals surface area contributed by atoms with Gasteiger partial charge in [0.25, 0.3) is 0 Å². The molecule has 2 saturated heterocycles. The standard InChI is InChI=1S/C23H24ClF3N2O2/c1-31-21-8-5-17(24)12-20(21)28-22(30)15-10-18-6-7-19(11-15)29(18)13-14-3-2-4-16(9-14)23(25,26)27/h2-5,8-9,12,15,18-19H,6-7,10-11,13H2,1H3,(H,28,30). The van der Waals surface area contributed by atoms with Gasteiger partial charge in [0.05, 0.1) is 18.4 Å². The predicted octanol–water partition coefficient (Wildman–Crippen LogP) is 5.75. The first-order valence-electron chi connectivity index (χ1n) is 10.3. The molecule has 0 spiro atoms.